The smallest absolute Gasteiger partial charge is 0.261 e. The first-order chi connectivity index (χ1) is 14.0. The van der Waals surface area contributed by atoms with Crippen molar-refractivity contribution in [2.24, 2.45) is 0 Å². The highest BCUT2D eigenvalue weighted by Gasteiger charge is 2.34. The third-order valence-electron chi connectivity index (χ3n) is 4.56. The van der Waals surface area contributed by atoms with Gasteiger partial charge >= 0.3 is 0 Å². The zero-order valence-corrected chi connectivity index (χ0v) is 16.0. The number of halogens is 1. The molecule has 1 aromatic heterocycles. The van der Waals surface area contributed by atoms with Crippen molar-refractivity contribution in [3.8, 4) is 5.69 Å². The quantitative estimate of drug-likeness (QED) is 0.631. The van der Waals surface area contributed by atoms with E-state index >= 15 is 0 Å². The Morgan fingerprint density at radius 1 is 1.07 bits per heavy atom. The third kappa shape index (κ3) is 3.74. The fourth-order valence-electron chi connectivity index (χ4n) is 3.19. The maximum atomic E-state index is 12.4. The number of nitrogens with zero attached hydrogens (tertiary/aromatic N) is 4. The minimum atomic E-state index is -0.325. The Bertz CT molecular complexity index is 1060. The number of rotatable bonds is 6. The predicted octanol–water partition coefficient (Wildman–Crippen LogP) is 2.94. The van der Waals surface area contributed by atoms with Gasteiger partial charge in [0.25, 0.3) is 11.8 Å². The molecule has 1 N–H and O–H groups in total. The van der Waals surface area contributed by atoms with Crippen LogP contribution >= 0.6 is 11.6 Å². The van der Waals surface area contributed by atoms with E-state index in [0.29, 0.717) is 33.9 Å². The van der Waals surface area contributed by atoms with E-state index in [1.165, 1.54) is 22.2 Å². The minimum absolute atomic E-state index is 0.136. The number of fused-ring (bicyclic) bond motifs is 1. The molecule has 9 heteroatoms. The van der Waals surface area contributed by atoms with Crippen molar-refractivity contribution in [3.63, 3.8) is 0 Å². The van der Waals surface area contributed by atoms with Gasteiger partial charge in [-0.3, -0.25) is 19.3 Å². The van der Waals surface area contributed by atoms with E-state index in [-0.39, 0.29) is 30.7 Å². The van der Waals surface area contributed by atoms with Crippen LogP contribution in [0.3, 0.4) is 0 Å². The van der Waals surface area contributed by atoms with Gasteiger partial charge in [0, 0.05) is 18.0 Å². The van der Waals surface area contributed by atoms with Crippen molar-refractivity contribution in [1.82, 2.24) is 19.7 Å². The lowest BCUT2D eigenvalue weighted by Crippen LogP contribution is -2.31. The molecule has 29 heavy (non-hydrogen) atoms. The average Bonchev–Trinajstić information content (AvgIpc) is 3.32. The number of hydrogen-bond donors (Lipinski definition) is 1. The van der Waals surface area contributed by atoms with E-state index in [1.54, 1.807) is 42.5 Å². The lowest BCUT2D eigenvalue weighted by molar-refractivity contribution is -0.116. The van der Waals surface area contributed by atoms with E-state index < -0.39 is 0 Å². The molecule has 2 aromatic carbocycles. The number of imide groups is 1. The van der Waals surface area contributed by atoms with Crippen LogP contribution in [0.1, 0.15) is 33.6 Å². The first-order valence-electron chi connectivity index (χ1n) is 8.94. The van der Waals surface area contributed by atoms with Crippen LogP contribution in [-0.2, 0) is 4.79 Å². The summed E-state index contributed by atoms with van der Waals surface area (Å²) in [5, 5.41) is 7.34. The van der Waals surface area contributed by atoms with Crippen LogP contribution in [0.15, 0.2) is 55.1 Å². The molecule has 0 saturated heterocycles. The molecule has 3 aromatic rings. The Labute approximate surface area is 171 Å². The van der Waals surface area contributed by atoms with Crippen LogP contribution in [0.25, 0.3) is 5.69 Å². The molecule has 1 aliphatic rings. The number of anilines is 1. The second-order valence-corrected chi connectivity index (χ2v) is 6.90. The minimum Gasteiger partial charge on any atom is -0.324 e. The first-order valence-corrected chi connectivity index (χ1v) is 9.32. The Kier molecular flexibility index (Phi) is 5.09. The number of aromatic nitrogens is 3. The number of hydrogen-bond acceptors (Lipinski definition) is 5. The van der Waals surface area contributed by atoms with Gasteiger partial charge in [-0.25, -0.2) is 9.67 Å². The molecule has 0 aliphatic carbocycles. The van der Waals surface area contributed by atoms with E-state index in [2.05, 4.69) is 15.4 Å². The average molecular weight is 410 g/mol. The van der Waals surface area contributed by atoms with Crippen LogP contribution < -0.4 is 5.32 Å². The molecule has 8 nitrogen and oxygen atoms in total. The van der Waals surface area contributed by atoms with Crippen molar-refractivity contribution >= 4 is 35.0 Å². The Hall–Kier alpha value is -3.52. The van der Waals surface area contributed by atoms with Crippen molar-refractivity contribution in [1.29, 1.82) is 0 Å². The van der Waals surface area contributed by atoms with Gasteiger partial charge in [0.2, 0.25) is 5.91 Å². The molecule has 146 valence electrons. The molecular weight excluding hydrogens is 394 g/mol. The van der Waals surface area contributed by atoms with E-state index in [9.17, 15) is 14.4 Å². The molecule has 2 heterocycles. The summed E-state index contributed by atoms with van der Waals surface area (Å²) < 4.78 is 1.52. The highest BCUT2D eigenvalue weighted by molar-refractivity contribution is 6.31. The Morgan fingerprint density at radius 2 is 1.79 bits per heavy atom. The van der Waals surface area contributed by atoms with Crippen molar-refractivity contribution in [2.75, 3.05) is 11.9 Å². The lowest BCUT2D eigenvalue weighted by Gasteiger charge is -2.14. The maximum absolute atomic E-state index is 12.4. The van der Waals surface area contributed by atoms with Gasteiger partial charge in [0.1, 0.15) is 12.7 Å². The normalized spacial score (nSPS) is 12.9. The summed E-state index contributed by atoms with van der Waals surface area (Å²) in [5.41, 5.74) is 1.92. The van der Waals surface area contributed by atoms with Crippen molar-refractivity contribution in [3.05, 3.63) is 71.3 Å². The second kappa shape index (κ2) is 7.84. The van der Waals surface area contributed by atoms with Gasteiger partial charge in [0.15, 0.2) is 0 Å². The molecular formula is C20H16ClN5O3. The zero-order chi connectivity index (χ0) is 20.4. The number of amides is 3. The summed E-state index contributed by atoms with van der Waals surface area (Å²) in [5.74, 6) is -0.908. The zero-order valence-electron chi connectivity index (χ0n) is 15.2. The number of benzene rings is 2. The SMILES string of the molecule is O=C(CCCN1C(=O)c2ccccc2C1=O)Nc1cc(Cl)ccc1-n1cncn1. The van der Waals surface area contributed by atoms with Gasteiger partial charge in [-0.1, -0.05) is 23.7 Å². The van der Waals surface area contributed by atoms with Crippen LogP contribution in [0, 0.1) is 0 Å². The third-order valence-corrected chi connectivity index (χ3v) is 4.80. The topological polar surface area (TPSA) is 97.2 Å². The fraction of sp³-hybridized carbons (Fsp3) is 0.150. The van der Waals surface area contributed by atoms with Gasteiger partial charge in [-0.05, 0) is 36.8 Å². The van der Waals surface area contributed by atoms with Gasteiger partial charge in [-0.15, -0.1) is 0 Å². The van der Waals surface area contributed by atoms with Crippen molar-refractivity contribution < 1.29 is 14.4 Å². The van der Waals surface area contributed by atoms with Crippen LogP contribution in [-0.4, -0.2) is 43.9 Å². The molecule has 0 saturated carbocycles. The number of nitrogens with one attached hydrogen (secondary N) is 1. The van der Waals surface area contributed by atoms with E-state index in [4.69, 9.17) is 11.6 Å². The van der Waals surface area contributed by atoms with E-state index in [0.717, 1.165) is 0 Å². The molecule has 0 bridgehead atoms. The highest BCUT2D eigenvalue weighted by atomic mass is 35.5. The lowest BCUT2D eigenvalue weighted by atomic mass is 10.1. The molecule has 0 spiro atoms. The molecule has 0 fully saturated rings. The monoisotopic (exact) mass is 409 g/mol. The largest absolute Gasteiger partial charge is 0.324 e. The summed E-state index contributed by atoms with van der Waals surface area (Å²) in [6, 6.07) is 11.8. The summed E-state index contributed by atoms with van der Waals surface area (Å²) in [7, 11) is 0. The number of carbonyl (C=O) groups is 3. The van der Waals surface area contributed by atoms with Gasteiger partial charge in [0.05, 0.1) is 22.5 Å². The Morgan fingerprint density at radius 3 is 2.45 bits per heavy atom. The summed E-state index contributed by atoms with van der Waals surface area (Å²) in [6.07, 6.45) is 3.39. The predicted molar refractivity (Wildman–Crippen MR) is 106 cm³/mol. The molecule has 3 amide bonds. The standard InChI is InChI=1S/C20H16ClN5O3/c21-13-7-8-17(26-12-22-11-23-26)16(10-13)24-18(27)6-3-9-25-19(28)14-4-1-2-5-15(14)20(25)29/h1-2,4-5,7-8,10-12H,3,6,9H2,(H,24,27). The van der Waals surface area contributed by atoms with Crippen LogP contribution in [0.4, 0.5) is 5.69 Å². The van der Waals surface area contributed by atoms with Gasteiger partial charge in [-0.2, -0.15) is 5.10 Å². The first kappa shape index (κ1) is 18.8. The maximum Gasteiger partial charge on any atom is 0.261 e. The van der Waals surface area contributed by atoms with Crippen LogP contribution in [0.5, 0.6) is 0 Å². The Balaban J connectivity index is 1.38. The summed E-state index contributed by atoms with van der Waals surface area (Å²) in [6.45, 7) is 0.172. The van der Waals surface area contributed by atoms with Crippen molar-refractivity contribution in [2.45, 2.75) is 12.8 Å². The molecule has 0 unspecified atom stereocenters. The molecule has 0 atom stereocenters. The molecule has 4 rings (SSSR count). The number of carbonyl (C=O) groups excluding carboxylic acids is 3. The second-order valence-electron chi connectivity index (χ2n) is 6.46. The summed E-state index contributed by atoms with van der Waals surface area (Å²) >= 11 is 6.05. The van der Waals surface area contributed by atoms with Crippen LogP contribution in [0.2, 0.25) is 5.02 Å². The molecule has 0 radical (unpaired) electrons. The summed E-state index contributed by atoms with van der Waals surface area (Å²) in [4.78, 5) is 42.2. The highest BCUT2D eigenvalue weighted by Crippen LogP contribution is 2.25. The molecule has 1 aliphatic heterocycles. The van der Waals surface area contributed by atoms with Gasteiger partial charge < -0.3 is 5.32 Å². The fourth-order valence-corrected chi connectivity index (χ4v) is 3.37. The van der Waals surface area contributed by atoms with E-state index in [1.807, 2.05) is 0 Å².